The molecule has 2 fully saturated rings. The normalized spacial score (nSPS) is 24.7. The van der Waals surface area contributed by atoms with Gasteiger partial charge in [0, 0.05) is 13.1 Å². The summed E-state index contributed by atoms with van der Waals surface area (Å²) in [5, 5.41) is 9.70. The Morgan fingerprint density at radius 1 is 1.05 bits per heavy atom. The molecule has 1 heterocycles. The Bertz CT molecular complexity index is 1110. The summed E-state index contributed by atoms with van der Waals surface area (Å²) in [5.74, 6) is -3.06. The number of fused-ring (bicyclic) bond motifs is 1. The van der Waals surface area contributed by atoms with Crippen LogP contribution >= 0.6 is 0 Å². The number of halogens is 6. The Hall–Kier alpha value is -2.49. The number of rotatable bonds is 6. The van der Waals surface area contributed by atoms with Crippen LogP contribution in [0.15, 0.2) is 30.3 Å². The number of carboxylic acid groups (broad SMARTS) is 1. The second-order valence-corrected chi connectivity index (χ2v) is 10.4. The molecule has 1 N–H and O–H groups in total. The standard InChI is InChI=1S/C27H31F6NO3/c1-16(25(35)36)19-3-2-12-34(15-19)14-17-4-10-22-18(13-17)5-11-23(24(22)27(31,32)33)37-21-8-6-20(7-9-21)26(28,29)30/h4-5,10-11,13,16,19-21H,2-3,6-9,12,14-15H2,1H3,(H,35,36). The Balaban J connectivity index is 1.52. The topological polar surface area (TPSA) is 49.8 Å². The summed E-state index contributed by atoms with van der Waals surface area (Å²) in [6.07, 6.45) is -8.22. The van der Waals surface area contributed by atoms with Crippen molar-refractivity contribution < 1.29 is 41.0 Å². The van der Waals surface area contributed by atoms with Crippen LogP contribution in [0.1, 0.15) is 56.6 Å². The van der Waals surface area contributed by atoms with Gasteiger partial charge in [-0.15, -0.1) is 0 Å². The summed E-state index contributed by atoms with van der Waals surface area (Å²) >= 11 is 0. The molecular formula is C27H31F6NO3. The van der Waals surface area contributed by atoms with Gasteiger partial charge in [-0.05, 0) is 79.5 Å². The van der Waals surface area contributed by atoms with E-state index >= 15 is 0 Å². The molecule has 4 rings (SSSR count). The SMILES string of the molecule is CC(C(=O)O)C1CCCN(Cc2ccc3c(C(F)(F)F)c(OC4CCC(C(F)(F)F)CC4)ccc3c2)C1. The van der Waals surface area contributed by atoms with Crippen LogP contribution in [0.25, 0.3) is 10.8 Å². The first-order chi connectivity index (χ1) is 17.3. The summed E-state index contributed by atoms with van der Waals surface area (Å²) in [5.41, 5.74) is -0.0915. The number of alkyl halides is 6. The number of carbonyl (C=O) groups is 1. The van der Waals surface area contributed by atoms with Crippen LogP contribution in [0.5, 0.6) is 5.75 Å². The lowest BCUT2D eigenvalue weighted by atomic mass is 9.86. The highest BCUT2D eigenvalue weighted by molar-refractivity contribution is 5.89. The lowest BCUT2D eigenvalue weighted by Gasteiger charge is -2.34. The fraction of sp³-hybridized carbons (Fsp3) is 0.593. The molecule has 2 unspecified atom stereocenters. The summed E-state index contributed by atoms with van der Waals surface area (Å²) in [7, 11) is 0. The second-order valence-electron chi connectivity index (χ2n) is 10.4. The van der Waals surface area contributed by atoms with Gasteiger partial charge in [-0.2, -0.15) is 26.3 Å². The van der Waals surface area contributed by atoms with Crippen molar-refractivity contribution in [2.24, 2.45) is 17.8 Å². The number of nitrogens with zero attached hydrogens (tertiary/aromatic N) is 1. The first-order valence-corrected chi connectivity index (χ1v) is 12.6. The van der Waals surface area contributed by atoms with Crippen LogP contribution in [0.2, 0.25) is 0 Å². The van der Waals surface area contributed by atoms with Crippen LogP contribution in [-0.4, -0.2) is 41.3 Å². The molecule has 2 atom stereocenters. The highest BCUT2D eigenvalue weighted by Crippen LogP contribution is 2.44. The molecule has 37 heavy (non-hydrogen) atoms. The molecule has 10 heteroatoms. The molecule has 204 valence electrons. The van der Waals surface area contributed by atoms with Crippen molar-refractivity contribution in [1.82, 2.24) is 4.90 Å². The van der Waals surface area contributed by atoms with Gasteiger partial charge in [-0.25, -0.2) is 0 Å². The summed E-state index contributed by atoms with van der Waals surface area (Å²) in [4.78, 5) is 13.5. The zero-order valence-corrected chi connectivity index (χ0v) is 20.5. The molecule has 2 aliphatic rings. The van der Waals surface area contributed by atoms with Gasteiger partial charge in [-0.3, -0.25) is 9.69 Å². The van der Waals surface area contributed by atoms with Gasteiger partial charge in [0.1, 0.15) is 11.3 Å². The van der Waals surface area contributed by atoms with Crippen molar-refractivity contribution in [3.05, 3.63) is 41.5 Å². The molecule has 1 aliphatic carbocycles. The van der Waals surface area contributed by atoms with Gasteiger partial charge in [0.05, 0.1) is 17.9 Å². The van der Waals surface area contributed by atoms with Gasteiger partial charge in [0.2, 0.25) is 0 Å². The summed E-state index contributed by atoms with van der Waals surface area (Å²) < 4.78 is 86.8. The maximum absolute atomic E-state index is 14.1. The van der Waals surface area contributed by atoms with Crippen LogP contribution in [0.3, 0.4) is 0 Å². The van der Waals surface area contributed by atoms with Gasteiger partial charge < -0.3 is 9.84 Å². The van der Waals surface area contributed by atoms with Crippen LogP contribution in [0, 0.1) is 17.8 Å². The van der Waals surface area contributed by atoms with Crippen LogP contribution < -0.4 is 4.74 Å². The Labute approximate surface area is 211 Å². The minimum Gasteiger partial charge on any atom is -0.490 e. The smallest absolute Gasteiger partial charge is 0.420 e. The molecule has 0 radical (unpaired) electrons. The number of ether oxygens (including phenoxy) is 1. The van der Waals surface area contributed by atoms with Crippen molar-refractivity contribution in [3.8, 4) is 5.75 Å². The molecule has 0 bridgehead atoms. The van der Waals surface area contributed by atoms with E-state index in [0.29, 0.717) is 18.5 Å². The molecule has 0 amide bonds. The van der Waals surface area contributed by atoms with E-state index in [9.17, 15) is 36.2 Å². The van der Waals surface area contributed by atoms with E-state index in [2.05, 4.69) is 4.90 Å². The van der Waals surface area contributed by atoms with E-state index in [1.165, 1.54) is 12.1 Å². The third kappa shape index (κ3) is 6.51. The number of hydrogen-bond donors (Lipinski definition) is 1. The molecule has 1 saturated heterocycles. The largest absolute Gasteiger partial charge is 0.490 e. The maximum Gasteiger partial charge on any atom is 0.420 e. The lowest BCUT2D eigenvalue weighted by Crippen LogP contribution is -2.39. The van der Waals surface area contributed by atoms with E-state index in [-0.39, 0.29) is 42.7 Å². The van der Waals surface area contributed by atoms with Gasteiger partial charge in [-0.1, -0.05) is 25.1 Å². The van der Waals surface area contributed by atoms with E-state index in [1.54, 1.807) is 25.1 Å². The van der Waals surface area contributed by atoms with Crippen molar-refractivity contribution in [2.45, 2.75) is 70.4 Å². The molecule has 2 aromatic rings. The van der Waals surface area contributed by atoms with Crippen LogP contribution in [0.4, 0.5) is 26.3 Å². The maximum atomic E-state index is 14.1. The van der Waals surface area contributed by atoms with Crippen molar-refractivity contribution in [1.29, 1.82) is 0 Å². The Morgan fingerprint density at radius 2 is 1.76 bits per heavy atom. The Morgan fingerprint density at radius 3 is 2.38 bits per heavy atom. The zero-order valence-electron chi connectivity index (χ0n) is 20.5. The lowest BCUT2D eigenvalue weighted by molar-refractivity contribution is -0.185. The van der Waals surface area contributed by atoms with Gasteiger partial charge in [0.25, 0.3) is 0 Å². The first-order valence-electron chi connectivity index (χ1n) is 12.6. The van der Waals surface area contributed by atoms with Crippen LogP contribution in [-0.2, 0) is 17.5 Å². The molecular weight excluding hydrogens is 500 g/mol. The molecule has 1 aliphatic heterocycles. The first kappa shape index (κ1) is 27.5. The molecule has 0 aromatic heterocycles. The predicted octanol–water partition coefficient (Wildman–Crippen LogP) is 7.29. The van der Waals surface area contributed by atoms with E-state index in [0.717, 1.165) is 24.9 Å². The number of piperidine rings is 1. The monoisotopic (exact) mass is 531 g/mol. The fourth-order valence-electron chi connectivity index (χ4n) is 5.64. The third-order valence-electron chi connectivity index (χ3n) is 7.80. The average molecular weight is 532 g/mol. The highest BCUT2D eigenvalue weighted by atomic mass is 19.4. The number of aliphatic carboxylic acids is 1. The zero-order chi connectivity index (χ0) is 27.0. The van der Waals surface area contributed by atoms with Gasteiger partial charge in [0.15, 0.2) is 0 Å². The summed E-state index contributed by atoms with van der Waals surface area (Å²) in [6, 6.07) is 7.57. The minimum absolute atomic E-state index is 0.0197. The highest BCUT2D eigenvalue weighted by Gasteiger charge is 2.43. The molecule has 1 saturated carbocycles. The third-order valence-corrected chi connectivity index (χ3v) is 7.80. The molecule has 2 aromatic carbocycles. The number of benzene rings is 2. The molecule has 0 spiro atoms. The van der Waals surface area contributed by atoms with Crippen molar-refractivity contribution in [2.75, 3.05) is 13.1 Å². The molecule has 4 nitrogen and oxygen atoms in total. The van der Waals surface area contributed by atoms with E-state index in [4.69, 9.17) is 4.74 Å². The van der Waals surface area contributed by atoms with Gasteiger partial charge >= 0.3 is 18.3 Å². The minimum atomic E-state index is -4.70. The summed E-state index contributed by atoms with van der Waals surface area (Å²) in [6.45, 7) is 3.61. The quantitative estimate of drug-likeness (QED) is 0.398. The fourth-order valence-corrected chi connectivity index (χ4v) is 5.64. The predicted molar refractivity (Wildman–Crippen MR) is 126 cm³/mol. The van der Waals surface area contributed by atoms with Crippen molar-refractivity contribution in [3.63, 3.8) is 0 Å². The number of hydrogen-bond acceptors (Lipinski definition) is 3. The number of carboxylic acids is 1. The average Bonchev–Trinajstić information content (AvgIpc) is 2.82. The Kier molecular flexibility index (Phi) is 7.97. The van der Waals surface area contributed by atoms with E-state index in [1.807, 2.05) is 0 Å². The van der Waals surface area contributed by atoms with Crippen molar-refractivity contribution >= 4 is 16.7 Å². The van der Waals surface area contributed by atoms with E-state index < -0.39 is 41.8 Å². The second kappa shape index (κ2) is 10.7. The number of likely N-dealkylation sites (tertiary alicyclic amines) is 1.